The van der Waals surface area contributed by atoms with Gasteiger partial charge in [-0.05, 0) is 25.0 Å². The molecule has 45 heavy (non-hydrogen) atoms. The normalized spacial score (nSPS) is 29.5. The number of pyridine rings is 1. The molecule has 0 amide bonds. The number of aromatic amines is 1. The van der Waals surface area contributed by atoms with Gasteiger partial charge in [-0.1, -0.05) is 0 Å². The molecule has 22 heteroatoms. The van der Waals surface area contributed by atoms with Gasteiger partial charge >= 0.3 is 15.6 Å². The number of nitrogens with two attached hydrogens (primary N) is 1. The number of hydrogen-bond donors (Lipinski definition) is 5. The molecular formula is C23H26N8O12P2. The van der Waals surface area contributed by atoms with Gasteiger partial charge in [0.05, 0.1) is 18.5 Å². The highest BCUT2D eigenvalue weighted by molar-refractivity contribution is 7.47. The van der Waals surface area contributed by atoms with Crippen molar-refractivity contribution in [2.24, 2.45) is 0 Å². The molecule has 2 saturated heterocycles. The summed E-state index contributed by atoms with van der Waals surface area (Å²) >= 11 is 0. The van der Waals surface area contributed by atoms with Crippen molar-refractivity contribution in [2.75, 3.05) is 12.3 Å². The van der Waals surface area contributed by atoms with Crippen LogP contribution in [0.1, 0.15) is 38.1 Å². The van der Waals surface area contributed by atoms with Gasteiger partial charge in [-0.3, -0.25) is 37.3 Å². The number of imidazole rings is 1. The number of H-pyrrole nitrogens is 1. The summed E-state index contributed by atoms with van der Waals surface area (Å²) in [5, 5.41) is 0. The molecule has 20 nitrogen and oxygen atoms in total. The van der Waals surface area contributed by atoms with Crippen molar-refractivity contribution in [3.63, 3.8) is 0 Å². The van der Waals surface area contributed by atoms with Crippen molar-refractivity contribution in [3.05, 3.63) is 51.7 Å². The summed E-state index contributed by atoms with van der Waals surface area (Å²) in [4.78, 5) is 73.1. The van der Waals surface area contributed by atoms with Crippen LogP contribution in [0.3, 0.4) is 0 Å². The number of nitrogens with zero attached hydrogens (tertiary/aromatic N) is 6. The molecule has 4 aromatic rings. The number of anilines is 1. The predicted octanol–water partition coefficient (Wildman–Crippen LogP) is 0.226. The first-order valence-electron chi connectivity index (χ1n) is 13.6. The van der Waals surface area contributed by atoms with Gasteiger partial charge in [0.25, 0.3) is 11.1 Å². The van der Waals surface area contributed by atoms with Crippen molar-refractivity contribution in [3.8, 4) is 0 Å². The molecule has 7 rings (SSSR count). The van der Waals surface area contributed by atoms with E-state index in [2.05, 4.69) is 29.4 Å². The zero-order valence-corrected chi connectivity index (χ0v) is 24.8. The van der Waals surface area contributed by atoms with Gasteiger partial charge in [0, 0.05) is 19.0 Å². The van der Waals surface area contributed by atoms with Gasteiger partial charge in [0.2, 0.25) is 5.95 Å². The van der Waals surface area contributed by atoms with E-state index in [0.717, 1.165) is 4.57 Å². The Morgan fingerprint density at radius 3 is 2.69 bits per heavy atom. The number of hydrogen-bond acceptors (Lipinski definition) is 14. The Labute approximate surface area is 251 Å². The van der Waals surface area contributed by atoms with Gasteiger partial charge in [0.1, 0.15) is 42.7 Å². The number of phosphoric acid groups is 2. The molecule has 4 aromatic heterocycles. The zero-order chi connectivity index (χ0) is 31.7. The highest BCUT2D eigenvalue weighted by Gasteiger charge is 2.63. The third-order valence-electron chi connectivity index (χ3n) is 7.88. The molecule has 0 radical (unpaired) electrons. The minimum atomic E-state index is -4.95. The molecule has 7 atom stereocenters. The molecule has 1 spiro atoms. The Morgan fingerprint density at radius 2 is 1.89 bits per heavy atom. The number of nitrogens with one attached hydrogen (secondary N) is 1. The average molecular weight is 668 g/mol. The molecule has 6 heterocycles. The van der Waals surface area contributed by atoms with Gasteiger partial charge in [0.15, 0.2) is 16.7 Å². The van der Waals surface area contributed by atoms with Crippen LogP contribution in [0, 0.1) is 0 Å². The fourth-order valence-electron chi connectivity index (χ4n) is 5.71. The first kappa shape index (κ1) is 30.2. The maximum atomic E-state index is 13.2. The summed E-state index contributed by atoms with van der Waals surface area (Å²) in [7, 11) is -9.79. The molecule has 1 aliphatic carbocycles. The summed E-state index contributed by atoms with van der Waals surface area (Å²) in [5.41, 5.74) is 4.39. The number of phosphoric ester groups is 2. The maximum Gasteiger partial charge on any atom is 0.472 e. The molecule has 0 bridgehead atoms. The lowest BCUT2D eigenvalue weighted by atomic mass is 10.2. The van der Waals surface area contributed by atoms with Crippen LogP contribution in [-0.2, 0) is 32.2 Å². The van der Waals surface area contributed by atoms with Crippen LogP contribution >= 0.6 is 15.6 Å². The fraction of sp³-hybridized carbons (Fsp3) is 0.478. The van der Waals surface area contributed by atoms with Crippen LogP contribution in [0.15, 0.2) is 40.6 Å². The van der Waals surface area contributed by atoms with E-state index < -0.39 is 69.7 Å². The third kappa shape index (κ3) is 5.85. The lowest BCUT2D eigenvalue weighted by Gasteiger charge is -2.22. The van der Waals surface area contributed by atoms with E-state index in [-0.39, 0.29) is 35.5 Å². The smallest absolute Gasteiger partial charge is 0.369 e. The van der Waals surface area contributed by atoms with Crippen LogP contribution < -0.4 is 16.9 Å². The second-order valence-corrected chi connectivity index (χ2v) is 13.4. The monoisotopic (exact) mass is 668 g/mol. The Kier molecular flexibility index (Phi) is 7.29. The van der Waals surface area contributed by atoms with Crippen LogP contribution in [-0.4, -0.2) is 79.3 Å². The SMILES string of the molecule is Nc1nc2c(ncn2[C@H]2CCC3(CC3OP(=O)(O)O[C@H]3C[C@H](n4cnc5cccnc5c4=O)O[C@@H]3COP(=O)(O)O)O2)c(=O)[nH]1. The van der Waals surface area contributed by atoms with Crippen LogP contribution in [0.2, 0.25) is 0 Å². The van der Waals surface area contributed by atoms with Crippen LogP contribution in [0.25, 0.3) is 22.2 Å². The van der Waals surface area contributed by atoms with E-state index >= 15 is 0 Å². The van der Waals surface area contributed by atoms with E-state index in [1.165, 1.54) is 18.9 Å². The molecule has 6 N–H and O–H groups in total. The molecule has 3 unspecified atom stereocenters. The second-order valence-electron chi connectivity index (χ2n) is 10.8. The Bertz CT molecular complexity index is 2010. The molecule has 1 saturated carbocycles. The molecule has 0 aromatic carbocycles. The first-order chi connectivity index (χ1) is 21.3. The number of nitrogen functional groups attached to an aromatic ring is 1. The molecular weight excluding hydrogens is 642 g/mol. The van der Waals surface area contributed by atoms with Crippen LogP contribution in [0.4, 0.5) is 5.95 Å². The lowest BCUT2D eigenvalue weighted by molar-refractivity contribution is -0.0505. The van der Waals surface area contributed by atoms with Crippen molar-refractivity contribution in [1.82, 2.24) is 34.1 Å². The summed E-state index contributed by atoms with van der Waals surface area (Å²) in [5.74, 6) is -0.0889. The Hall–Kier alpha value is -3.42. The highest BCUT2D eigenvalue weighted by atomic mass is 31.2. The summed E-state index contributed by atoms with van der Waals surface area (Å²) in [6.07, 6.45) is -0.109. The van der Waals surface area contributed by atoms with E-state index in [1.54, 1.807) is 16.7 Å². The lowest BCUT2D eigenvalue weighted by Crippen LogP contribution is -2.29. The number of fused-ring (bicyclic) bond motifs is 2. The largest absolute Gasteiger partial charge is 0.472 e. The minimum Gasteiger partial charge on any atom is -0.369 e. The molecule has 3 fully saturated rings. The standard InChI is InChI=1S/C23H26N8O12P2/c24-22-28-19-18(20(32)29-22)27-10-30(19)15-3-4-23(41-15)7-14(23)43-45(37,38)42-12-6-16(40-13(12)8-39-44(34,35)36)31-9-26-11-2-1-5-25-17(11)21(31)33/h1-2,5,9-10,12-16H,3-4,6-8H2,(H,37,38)(H2,34,35,36)(H3,24,28,29,32)/t12-,13+,14?,15+,16+,23?/m0/s1. The van der Waals surface area contributed by atoms with E-state index in [0.29, 0.717) is 18.4 Å². The number of aromatic nitrogens is 7. The predicted molar refractivity (Wildman–Crippen MR) is 149 cm³/mol. The highest BCUT2D eigenvalue weighted by Crippen LogP contribution is 2.61. The van der Waals surface area contributed by atoms with Gasteiger partial charge in [-0.25, -0.2) is 24.1 Å². The summed E-state index contributed by atoms with van der Waals surface area (Å²) in [6.45, 7) is -0.724. The summed E-state index contributed by atoms with van der Waals surface area (Å²) in [6, 6.07) is 3.21. The van der Waals surface area contributed by atoms with E-state index in [1.807, 2.05) is 0 Å². The molecule has 3 aliphatic rings. The van der Waals surface area contributed by atoms with E-state index in [9.17, 15) is 33.4 Å². The van der Waals surface area contributed by atoms with Gasteiger partial charge in [-0.15, -0.1) is 0 Å². The van der Waals surface area contributed by atoms with Crippen molar-refractivity contribution in [2.45, 2.75) is 62.1 Å². The van der Waals surface area contributed by atoms with Crippen molar-refractivity contribution < 1.29 is 46.9 Å². The van der Waals surface area contributed by atoms with E-state index in [4.69, 9.17) is 24.3 Å². The Balaban J connectivity index is 1.05. The topological polar surface area (TPSA) is 278 Å². The number of rotatable bonds is 9. The fourth-order valence-corrected chi connectivity index (χ4v) is 7.25. The Morgan fingerprint density at radius 1 is 1.09 bits per heavy atom. The van der Waals surface area contributed by atoms with Crippen molar-refractivity contribution in [1.29, 1.82) is 0 Å². The average Bonchev–Trinajstić information content (AvgIpc) is 3.33. The third-order valence-corrected chi connectivity index (χ3v) is 9.42. The van der Waals surface area contributed by atoms with Crippen molar-refractivity contribution >= 4 is 43.8 Å². The maximum absolute atomic E-state index is 13.2. The zero-order valence-electron chi connectivity index (χ0n) is 23.0. The first-order valence-corrected chi connectivity index (χ1v) is 16.6. The second kappa shape index (κ2) is 10.8. The quantitative estimate of drug-likeness (QED) is 0.149. The number of ether oxygens (including phenoxy) is 2. The summed E-state index contributed by atoms with van der Waals surface area (Å²) < 4.78 is 54.7. The van der Waals surface area contributed by atoms with Gasteiger partial charge < -0.3 is 29.9 Å². The van der Waals surface area contributed by atoms with Crippen LogP contribution in [0.5, 0.6) is 0 Å². The van der Waals surface area contributed by atoms with Gasteiger partial charge in [-0.2, -0.15) is 4.98 Å². The molecule has 240 valence electrons. The minimum absolute atomic E-state index is 0.0517. The molecule has 2 aliphatic heterocycles.